The molecule has 11 heavy (non-hydrogen) atoms. The lowest BCUT2D eigenvalue weighted by molar-refractivity contribution is 0.348. The van der Waals surface area contributed by atoms with E-state index < -0.39 is 0 Å². The molecule has 0 aromatic heterocycles. The van der Waals surface area contributed by atoms with Gasteiger partial charge in [0.15, 0.2) is 0 Å². The average Bonchev–Trinajstić information content (AvgIpc) is 2.52. The maximum Gasteiger partial charge on any atom is 0.0863 e. The fraction of sp³-hybridized carbons (Fsp3) is 0.500. The standard InChI is InChI=1S/C8H14N3/c1-3-4-10-8(2)11-6-5-9-7-11/h3,7-8,10H,1-2,4-6H2. The number of rotatable bonds is 4. The molecule has 1 heterocycles. The van der Waals surface area contributed by atoms with Crippen molar-refractivity contribution in [2.24, 2.45) is 4.99 Å². The highest BCUT2D eigenvalue weighted by Gasteiger charge is 2.11. The first-order valence-electron chi connectivity index (χ1n) is 3.77. The highest BCUT2D eigenvalue weighted by molar-refractivity contribution is 5.57. The summed E-state index contributed by atoms with van der Waals surface area (Å²) in [4.78, 5) is 6.16. The Morgan fingerprint density at radius 1 is 1.82 bits per heavy atom. The van der Waals surface area contributed by atoms with Crippen LogP contribution >= 0.6 is 0 Å². The SMILES string of the molecule is [CH2]C(NCC=C)N1C=NCC1. The van der Waals surface area contributed by atoms with Gasteiger partial charge in [-0.3, -0.25) is 10.3 Å². The van der Waals surface area contributed by atoms with Gasteiger partial charge in [-0.15, -0.1) is 6.58 Å². The van der Waals surface area contributed by atoms with Crippen LogP contribution in [-0.2, 0) is 0 Å². The Morgan fingerprint density at radius 2 is 2.64 bits per heavy atom. The molecule has 61 valence electrons. The van der Waals surface area contributed by atoms with Crippen LogP contribution in [0.25, 0.3) is 0 Å². The molecular weight excluding hydrogens is 138 g/mol. The fourth-order valence-electron chi connectivity index (χ4n) is 0.966. The molecule has 1 aliphatic heterocycles. The maximum atomic E-state index is 4.09. The number of nitrogens with one attached hydrogen (secondary N) is 1. The van der Waals surface area contributed by atoms with Gasteiger partial charge >= 0.3 is 0 Å². The Morgan fingerprint density at radius 3 is 3.18 bits per heavy atom. The fourth-order valence-corrected chi connectivity index (χ4v) is 0.966. The van der Waals surface area contributed by atoms with Crippen molar-refractivity contribution in [2.75, 3.05) is 19.6 Å². The second-order valence-electron chi connectivity index (χ2n) is 2.47. The molecule has 1 rings (SSSR count). The third-order valence-electron chi connectivity index (χ3n) is 1.62. The minimum atomic E-state index is 0.124. The minimum Gasteiger partial charge on any atom is -0.346 e. The lowest BCUT2D eigenvalue weighted by atomic mass is 10.4. The summed E-state index contributed by atoms with van der Waals surface area (Å²) in [6, 6.07) is 0. The van der Waals surface area contributed by atoms with Gasteiger partial charge in [0.1, 0.15) is 0 Å². The lowest BCUT2D eigenvalue weighted by Gasteiger charge is -2.23. The summed E-state index contributed by atoms with van der Waals surface area (Å²) in [6.07, 6.45) is 3.79. The van der Waals surface area contributed by atoms with Gasteiger partial charge in [0.2, 0.25) is 0 Å². The summed E-state index contributed by atoms with van der Waals surface area (Å²) in [5.41, 5.74) is 0. The zero-order valence-electron chi connectivity index (χ0n) is 6.66. The van der Waals surface area contributed by atoms with Crippen LogP contribution in [-0.4, -0.2) is 37.0 Å². The van der Waals surface area contributed by atoms with Crippen molar-refractivity contribution in [3.05, 3.63) is 19.6 Å². The van der Waals surface area contributed by atoms with E-state index in [9.17, 15) is 0 Å². The third-order valence-corrected chi connectivity index (χ3v) is 1.62. The van der Waals surface area contributed by atoms with Crippen molar-refractivity contribution >= 4 is 6.34 Å². The van der Waals surface area contributed by atoms with E-state index in [-0.39, 0.29) is 6.17 Å². The Balaban J connectivity index is 2.22. The maximum absolute atomic E-state index is 4.09. The first kappa shape index (κ1) is 8.27. The summed E-state index contributed by atoms with van der Waals surface area (Å²) in [7, 11) is 0. The van der Waals surface area contributed by atoms with Gasteiger partial charge < -0.3 is 4.90 Å². The second-order valence-corrected chi connectivity index (χ2v) is 2.47. The van der Waals surface area contributed by atoms with Crippen molar-refractivity contribution in [3.63, 3.8) is 0 Å². The van der Waals surface area contributed by atoms with E-state index in [0.717, 1.165) is 19.6 Å². The van der Waals surface area contributed by atoms with E-state index in [1.807, 2.05) is 12.4 Å². The van der Waals surface area contributed by atoms with Crippen molar-refractivity contribution in [3.8, 4) is 0 Å². The Hall–Kier alpha value is -0.830. The van der Waals surface area contributed by atoms with Crippen LogP contribution in [0, 0.1) is 6.92 Å². The monoisotopic (exact) mass is 152 g/mol. The van der Waals surface area contributed by atoms with Gasteiger partial charge in [0, 0.05) is 13.1 Å². The molecule has 1 atom stereocenters. The van der Waals surface area contributed by atoms with Crippen LogP contribution in [0.5, 0.6) is 0 Å². The molecule has 1 radical (unpaired) electrons. The molecule has 1 N–H and O–H groups in total. The molecule has 0 saturated carbocycles. The predicted octanol–water partition coefficient (Wildman–Crippen LogP) is 0.266. The molecule has 0 saturated heterocycles. The lowest BCUT2D eigenvalue weighted by Crippen LogP contribution is -2.42. The van der Waals surface area contributed by atoms with E-state index in [2.05, 4.69) is 28.7 Å². The Kier molecular flexibility index (Phi) is 3.11. The van der Waals surface area contributed by atoms with Crippen LogP contribution in [0.2, 0.25) is 0 Å². The van der Waals surface area contributed by atoms with Gasteiger partial charge in [0.05, 0.1) is 19.0 Å². The molecule has 1 unspecified atom stereocenters. The molecular formula is C8H14N3. The topological polar surface area (TPSA) is 27.6 Å². The van der Waals surface area contributed by atoms with Crippen molar-refractivity contribution in [1.82, 2.24) is 10.2 Å². The van der Waals surface area contributed by atoms with Crippen molar-refractivity contribution < 1.29 is 0 Å². The second kappa shape index (κ2) is 4.13. The van der Waals surface area contributed by atoms with Crippen LogP contribution < -0.4 is 5.32 Å². The first-order chi connectivity index (χ1) is 5.34. The van der Waals surface area contributed by atoms with E-state index in [1.54, 1.807) is 0 Å². The summed E-state index contributed by atoms with van der Waals surface area (Å²) >= 11 is 0. The zero-order chi connectivity index (χ0) is 8.10. The van der Waals surface area contributed by atoms with Crippen molar-refractivity contribution in [1.29, 1.82) is 0 Å². The molecule has 3 heteroatoms. The van der Waals surface area contributed by atoms with Crippen LogP contribution in [0.15, 0.2) is 17.6 Å². The summed E-state index contributed by atoms with van der Waals surface area (Å²) in [5.74, 6) is 0. The highest BCUT2D eigenvalue weighted by atomic mass is 15.3. The van der Waals surface area contributed by atoms with Gasteiger partial charge in [-0.05, 0) is 6.92 Å². The van der Waals surface area contributed by atoms with Gasteiger partial charge in [-0.1, -0.05) is 6.08 Å². The van der Waals surface area contributed by atoms with Crippen molar-refractivity contribution in [2.45, 2.75) is 6.17 Å². The van der Waals surface area contributed by atoms with Gasteiger partial charge in [-0.2, -0.15) is 0 Å². The van der Waals surface area contributed by atoms with E-state index >= 15 is 0 Å². The number of hydrogen-bond acceptors (Lipinski definition) is 3. The average molecular weight is 152 g/mol. The quantitative estimate of drug-likeness (QED) is 0.585. The summed E-state index contributed by atoms with van der Waals surface area (Å²) in [6.45, 7) is 10.2. The minimum absolute atomic E-state index is 0.124. The molecule has 0 aromatic carbocycles. The number of aliphatic imine (C=N–C) groups is 1. The Bertz CT molecular complexity index is 153. The largest absolute Gasteiger partial charge is 0.346 e. The molecule has 0 aromatic rings. The summed E-state index contributed by atoms with van der Waals surface area (Å²) in [5, 5.41) is 3.18. The normalized spacial score (nSPS) is 18.8. The molecule has 0 spiro atoms. The highest BCUT2D eigenvalue weighted by Crippen LogP contribution is 1.96. The molecule has 0 aliphatic carbocycles. The van der Waals surface area contributed by atoms with E-state index in [0.29, 0.717) is 0 Å². The molecule has 1 aliphatic rings. The zero-order valence-corrected chi connectivity index (χ0v) is 6.66. The van der Waals surface area contributed by atoms with E-state index in [4.69, 9.17) is 0 Å². The number of nitrogens with zero attached hydrogens (tertiary/aromatic N) is 2. The molecule has 0 amide bonds. The third kappa shape index (κ3) is 2.35. The van der Waals surface area contributed by atoms with Crippen LogP contribution in [0.3, 0.4) is 0 Å². The van der Waals surface area contributed by atoms with Crippen LogP contribution in [0.4, 0.5) is 0 Å². The van der Waals surface area contributed by atoms with Crippen LogP contribution in [0.1, 0.15) is 0 Å². The van der Waals surface area contributed by atoms with Gasteiger partial charge in [-0.25, -0.2) is 0 Å². The van der Waals surface area contributed by atoms with E-state index in [1.165, 1.54) is 0 Å². The first-order valence-corrected chi connectivity index (χ1v) is 3.77. The Labute approximate surface area is 67.8 Å². The smallest absolute Gasteiger partial charge is 0.0863 e. The number of hydrogen-bond donors (Lipinski definition) is 1. The molecule has 3 nitrogen and oxygen atoms in total. The molecule has 0 bridgehead atoms. The predicted molar refractivity (Wildman–Crippen MR) is 47.4 cm³/mol. The van der Waals surface area contributed by atoms with Gasteiger partial charge in [0.25, 0.3) is 0 Å². The summed E-state index contributed by atoms with van der Waals surface area (Å²) < 4.78 is 0. The molecule has 0 fully saturated rings.